The monoisotopic (exact) mass is 278 g/mol. The van der Waals surface area contributed by atoms with Crippen LogP contribution in [0.5, 0.6) is 0 Å². The molecule has 0 fully saturated rings. The van der Waals surface area contributed by atoms with Gasteiger partial charge in [-0.3, -0.25) is 5.32 Å². The van der Waals surface area contributed by atoms with Crippen LogP contribution in [0.4, 0.5) is 16.2 Å². The average molecular weight is 278 g/mol. The molecule has 0 spiro atoms. The Bertz CT molecular complexity index is 407. The van der Waals surface area contributed by atoms with Crippen LogP contribution < -0.4 is 10.6 Å². The quantitative estimate of drug-likeness (QED) is 0.681. The summed E-state index contributed by atoms with van der Waals surface area (Å²) in [6.45, 7) is 4.41. The number of carbonyl (C=O) groups excluding carboxylic acids is 1. The first-order chi connectivity index (χ1) is 9.65. The maximum atomic E-state index is 11.2. The predicted molar refractivity (Wildman–Crippen MR) is 84.3 cm³/mol. The fourth-order valence-corrected chi connectivity index (χ4v) is 2.09. The summed E-state index contributed by atoms with van der Waals surface area (Å²) in [7, 11) is 1.36. The highest BCUT2D eigenvalue weighted by Gasteiger charge is 2.04. The summed E-state index contributed by atoms with van der Waals surface area (Å²) < 4.78 is 4.58. The van der Waals surface area contributed by atoms with Crippen molar-refractivity contribution in [2.45, 2.75) is 52.0 Å². The first-order valence-corrected chi connectivity index (χ1v) is 7.37. The van der Waals surface area contributed by atoms with Crippen LogP contribution >= 0.6 is 0 Å². The van der Waals surface area contributed by atoms with Crippen LogP contribution in [0.3, 0.4) is 0 Å². The first-order valence-electron chi connectivity index (χ1n) is 7.37. The molecule has 1 amide bonds. The Hall–Kier alpha value is -1.71. The van der Waals surface area contributed by atoms with Crippen LogP contribution in [0.2, 0.25) is 0 Å². The lowest BCUT2D eigenvalue weighted by Crippen LogP contribution is -2.15. The Morgan fingerprint density at radius 1 is 1.25 bits per heavy atom. The van der Waals surface area contributed by atoms with Gasteiger partial charge in [0.2, 0.25) is 0 Å². The molecule has 1 aromatic carbocycles. The number of carbonyl (C=O) groups is 1. The second-order valence-corrected chi connectivity index (χ2v) is 5.09. The van der Waals surface area contributed by atoms with Gasteiger partial charge in [0.1, 0.15) is 0 Å². The number of hydrogen-bond donors (Lipinski definition) is 2. The fraction of sp³-hybridized carbons (Fsp3) is 0.562. The number of anilines is 2. The van der Waals surface area contributed by atoms with Crippen molar-refractivity contribution in [1.82, 2.24) is 0 Å². The highest BCUT2D eigenvalue weighted by Crippen LogP contribution is 2.17. The van der Waals surface area contributed by atoms with Crippen LogP contribution in [-0.4, -0.2) is 19.2 Å². The molecule has 0 aromatic heterocycles. The molecule has 1 aromatic rings. The van der Waals surface area contributed by atoms with Crippen molar-refractivity contribution in [3.63, 3.8) is 0 Å². The molecule has 0 saturated heterocycles. The summed E-state index contributed by atoms with van der Waals surface area (Å²) >= 11 is 0. The van der Waals surface area contributed by atoms with Crippen LogP contribution in [0.15, 0.2) is 24.3 Å². The van der Waals surface area contributed by atoms with Crippen molar-refractivity contribution in [3.05, 3.63) is 24.3 Å². The Labute approximate surface area is 121 Å². The van der Waals surface area contributed by atoms with E-state index < -0.39 is 6.09 Å². The van der Waals surface area contributed by atoms with E-state index in [1.165, 1.54) is 32.8 Å². The summed E-state index contributed by atoms with van der Waals surface area (Å²) in [6, 6.07) is 8.11. The first kappa shape index (κ1) is 16.3. The van der Waals surface area contributed by atoms with E-state index in [0.29, 0.717) is 6.04 Å². The normalized spacial score (nSPS) is 11.8. The van der Waals surface area contributed by atoms with Gasteiger partial charge in [-0.15, -0.1) is 0 Å². The zero-order valence-electron chi connectivity index (χ0n) is 12.7. The molecule has 4 nitrogen and oxygen atoms in total. The lowest BCUT2D eigenvalue weighted by atomic mass is 10.1. The van der Waals surface area contributed by atoms with Gasteiger partial charge in [0.25, 0.3) is 0 Å². The summed E-state index contributed by atoms with van der Waals surface area (Å²) in [5.74, 6) is 0. The maximum absolute atomic E-state index is 11.2. The third-order valence-electron chi connectivity index (χ3n) is 3.20. The number of benzene rings is 1. The molecule has 0 aliphatic carbocycles. The second kappa shape index (κ2) is 9.23. The number of nitrogens with one attached hydrogen (secondary N) is 2. The van der Waals surface area contributed by atoms with E-state index in [2.05, 4.69) is 29.2 Å². The van der Waals surface area contributed by atoms with Gasteiger partial charge < -0.3 is 10.1 Å². The Morgan fingerprint density at radius 3 is 2.70 bits per heavy atom. The fourth-order valence-electron chi connectivity index (χ4n) is 2.09. The standard InChI is InChI=1S/C16H26N2O2/c1-4-5-6-7-9-13(2)17-14-10-8-11-15(12-14)18-16(19)20-3/h8,10-13,17H,4-7,9H2,1-3H3,(H,18,19). The number of hydrogen-bond acceptors (Lipinski definition) is 3. The van der Waals surface area contributed by atoms with Gasteiger partial charge in [0.05, 0.1) is 7.11 Å². The Kier molecular flexibility index (Phi) is 7.55. The van der Waals surface area contributed by atoms with Crippen LogP contribution in [0, 0.1) is 0 Å². The molecule has 112 valence electrons. The van der Waals surface area contributed by atoms with Crippen molar-refractivity contribution in [1.29, 1.82) is 0 Å². The Balaban J connectivity index is 2.42. The molecule has 0 aliphatic rings. The van der Waals surface area contributed by atoms with E-state index in [-0.39, 0.29) is 0 Å². The lowest BCUT2D eigenvalue weighted by Gasteiger charge is -2.16. The van der Waals surface area contributed by atoms with E-state index in [4.69, 9.17) is 0 Å². The third-order valence-corrected chi connectivity index (χ3v) is 3.20. The average Bonchev–Trinajstić information content (AvgIpc) is 2.44. The molecule has 0 heterocycles. The molecule has 1 unspecified atom stereocenters. The molecular weight excluding hydrogens is 252 g/mol. The second-order valence-electron chi connectivity index (χ2n) is 5.09. The number of amides is 1. The van der Waals surface area contributed by atoms with E-state index >= 15 is 0 Å². The molecule has 20 heavy (non-hydrogen) atoms. The molecule has 0 aliphatic heterocycles. The molecule has 2 N–H and O–H groups in total. The van der Waals surface area contributed by atoms with Crippen molar-refractivity contribution in [3.8, 4) is 0 Å². The van der Waals surface area contributed by atoms with Gasteiger partial charge in [-0.2, -0.15) is 0 Å². The van der Waals surface area contributed by atoms with E-state index in [1.807, 2.05) is 24.3 Å². The Morgan fingerprint density at radius 2 is 2.00 bits per heavy atom. The van der Waals surface area contributed by atoms with Gasteiger partial charge in [-0.05, 0) is 31.5 Å². The van der Waals surface area contributed by atoms with E-state index in [0.717, 1.165) is 17.8 Å². The largest absolute Gasteiger partial charge is 0.453 e. The highest BCUT2D eigenvalue weighted by atomic mass is 16.5. The summed E-state index contributed by atoms with van der Waals surface area (Å²) in [6.07, 6.45) is 5.84. The van der Waals surface area contributed by atoms with Crippen molar-refractivity contribution >= 4 is 17.5 Å². The summed E-state index contributed by atoms with van der Waals surface area (Å²) in [5, 5.41) is 6.12. The molecule has 0 saturated carbocycles. The number of rotatable bonds is 8. The number of unbranched alkanes of at least 4 members (excludes halogenated alkanes) is 3. The predicted octanol–water partition coefficient (Wildman–Crippen LogP) is 4.64. The van der Waals surface area contributed by atoms with Crippen LogP contribution in [0.25, 0.3) is 0 Å². The van der Waals surface area contributed by atoms with E-state index in [1.54, 1.807) is 0 Å². The molecule has 0 radical (unpaired) electrons. The molecule has 1 atom stereocenters. The number of ether oxygens (including phenoxy) is 1. The summed E-state index contributed by atoms with van der Waals surface area (Å²) in [5.41, 5.74) is 1.75. The topological polar surface area (TPSA) is 50.4 Å². The molecule has 0 bridgehead atoms. The van der Waals surface area contributed by atoms with Gasteiger partial charge in [0.15, 0.2) is 0 Å². The van der Waals surface area contributed by atoms with Crippen molar-refractivity contribution in [2.75, 3.05) is 17.7 Å². The summed E-state index contributed by atoms with van der Waals surface area (Å²) in [4.78, 5) is 11.2. The van der Waals surface area contributed by atoms with Crippen LogP contribution in [0.1, 0.15) is 46.0 Å². The van der Waals surface area contributed by atoms with Crippen LogP contribution in [-0.2, 0) is 4.74 Å². The minimum absolute atomic E-state index is 0.431. The van der Waals surface area contributed by atoms with Gasteiger partial charge >= 0.3 is 6.09 Å². The zero-order valence-corrected chi connectivity index (χ0v) is 12.7. The lowest BCUT2D eigenvalue weighted by molar-refractivity contribution is 0.187. The minimum atomic E-state index is -0.449. The third kappa shape index (κ3) is 6.45. The smallest absolute Gasteiger partial charge is 0.411 e. The maximum Gasteiger partial charge on any atom is 0.411 e. The SMILES string of the molecule is CCCCCCC(C)Nc1cccc(NC(=O)OC)c1. The molecule has 4 heteroatoms. The highest BCUT2D eigenvalue weighted by molar-refractivity contribution is 5.85. The molecular formula is C16H26N2O2. The minimum Gasteiger partial charge on any atom is -0.453 e. The molecule has 1 rings (SSSR count). The zero-order chi connectivity index (χ0) is 14.8. The van der Waals surface area contributed by atoms with E-state index in [9.17, 15) is 4.79 Å². The van der Waals surface area contributed by atoms with Crippen molar-refractivity contribution in [2.24, 2.45) is 0 Å². The number of methoxy groups -OCH3 is 1. The van der Waals surface area contributed by atoms with Crippen molar-refractivity contribution < 1.29 is 9.53 Å². The van der Waals surface area contributed by atoms with Gasteiger partial charge in [-0.25, -0.2) is 4.79 Å². The van der Waals surface area contributed by atoms with Gasteiger partial charge in [0, 0.05) is 17.4 Å². The van der Waals surface area contributed by atoms with Gasteiger partial charge in [-0.1, -0.05) is 38.7 Å².